The topological polar surface area (TPSA) is 120 Å². The summed E-state index contributed by atoms with van der Waals surface area (Å²) in [6.07, 6.45) is 0.860. The number of carbonyl (C=O) groups excluding carboxylic acids is 2. The number of fused-ring (bicyclic) bond motifs is 2. The Morgan fingerprint density at radius 3 is 2.45 bits per heavy atom. The highest BCUT2D eigenvalue weighted by atomic mass is 16.7. The Morgan fingerprint density at radius 2 is 1.71 bits per heavy atom. The van der Waals surface area contributed by atoms with Gasteiger partial charge in [0, 0.05) is 28.8 Å². The van der Waals surface area contributed by atoms with E-state index in [1.54, 1.807) is 36.4 Å². The van der Waals surface area contributed by atoms with Crippen molar-refractivity contribution in [3.8, 4) is 11.5 Å². The van der Waals surface area contributed by atoms with Crippen LogP contribution in [-0.2, 0) is 4.79 Å². The van der Waals surface area contributed by atoms with Gasteiger partial charge in [0.2, 0.25) is 6.79 Å². The predicted octanol–water partition coefficient (Wildman–Crippen LogP) is 5.78. The van der Waals surface area contributed by atoms with E-state index in [9.17, 15) is 19.7 Å². The van der Waals surface area contributed by atoms with Gasteiger partial charge < -0.3 is 20.1 Å². The average Bonchev–Trinajstić information content (AvgIpc) is 3.28. The summed E-state index contributed by atoms with van der Waals surface area (Å²) in [6, 6.07) is 16.3. The van der Waals surface area contributed by atoms with Crippen molar-refractivity contribution in [1.82, 2.24) is 0 Å². The fraction of sp³-hybridized carbons (Fsp3) is 0.241. The Kier molecular flexibility index (Phi) is 5.45. The van der Waals surface area contributed by atoms with Gasteiger partial charge in [0.15, 0.2) is 23.1 Å². The predicted molar refractivity (Wildman–Crippen MR) is 141 cm³/mol. The van der Waals surface area contributed by atoms with Crippen molar-refractivity contribution < 1.29 is 24.0 Å². The molecule has 9 heteroatoms. The van der Waals surface area contributed by atoms with Crippen LogP contribution in [0.5, 0.6) is 11.5 Å². The number of carbonyl (C=O) groups is 2. The highest BCUT2D eigenvalue weighted by Gasteiger charge is 2.41. The second-order valence-corrected chi connectivity index (χ2v) is 10.5. The number of rotatable bonds is 4. The van der Waals surface area contributed by atoms with Crippen molar-refractivity contribution in [2.75, 3.05) is 17.4 Å². The van der Waals surface area contributed by atoms with Crippen LogP contribution >= 0.6 is 0 Å². The number of benzene rings is 3. The van der Waals surface area contributed by atoms with E-state index in [4.69, 9.17) is 9.47 Å². The first-order chi connectivity index (χ1) is 18.2. The van der Waals surface area contributed by atoms with Crippen LogP contribution in [0, 0.1) is 15.5 Å². The third-order valence-electron chi connectivity index (χ3n) is 7.14. The summed E-state index contributed by atoms with van der Waals surface area (Å²) in [7, 11) is 0. The molecule has 2 aliphatic heterocycles. The zero-order valence-electron chi connectivity index (χ0n) is 20.9. The van der Waals surface area contributed by atoms with E-state index in [1.807, 2.05) is 32.0 Å². The molecule has 0 radical (unpaired) electrons. The first-order valence-corrected chi connectivity index (χ1v) is 12.3. The zero-order valence-corrected chi connectivity index (χ0v) is 20.9. The Balaban J connectivity index is 1.50. The number of nitrogens with one attached hydrogen (secondary N) is 2. The van der Waals surface area contributed by atoms with Gasteiger partial charge in [-0.1, -0.05) is 44.2 Å². The maximum Gasteiger partial charge on any atom is 0.279 e. The number of hydrogen-bond acceptors (Lipinski definition) is 8. The first-order valence-electron chi connectivity index (χ1n) is 12.3. The standard InChI is InChI=1S/C29H25N3O6/c1-29(2)13-21-26(23(33)14-29)27(18-11-24-25(38-15-37-24)12-22(18)32(35)36)31-19-9-8-17(10-20(19)30-21)28(34)16-6-4-3-5-7-16/h3-12,27,30-31H,13-15H2,1-2H3/t27-/m1/s1. The Morgan fingerprint density at radius 1 is 0.974 bits per heavy atom. The monoisotopic (exact) mass is 511 g/mol. The number of nitro benzene ring substituents is 1. The highest BCUT2D eigenvalue weighted by Crippen LogP contribution is 2.49. The summed E-state index contributed by atoms with van der Waals surface area (Å²) in [5.74, 6) is 0.458. The molecule has 0 spiro atoms. The van der Waals surface area contributed by atoms with Gasteiger partial charge in [0.25, 0.3) is 5.69 Å². The van der Waals surface area contributed by atoms with Crippen molar-refractivity contribution in [3.05, 3.63) is 98.7 Å². The van der Waals surface area contributed by atoms with Crippen LogP contribution in [0.15, 0.2) is 71.9 Å². The van der Waals surface area contributed by atoms with Crippen LogP contribution in [0.2, 0.25) is 0 Å². The van der Waals surface area contributed by atoms with Crippen molar-refractivity contribution in [2.45, 2.75) is 32.7 Å². The number of anilines is 2. The van der Waals surface area contributed by atoms with Crippen LogP contribution in [0.1, 0.15) is 54.2 Å². The molecule has 0 saturated heterocycles. The molecule has 0 amide bonds. The molecule has 0 saturated carbocycles. The summed E-state index contributed by atoms with van der Waals surface area (Å²) in [6.45, 7) is 4.00. The zero-order chi connectivity index (χ0) is 26.6. The molecular formula is C29H25N3O6. The molecule has 2 N–H and O–H groups in total. The lowest BCUT2D eigenvalue weighted by molar-refractivity contribution is -0.385. The van der Waals surface area contributed by atoms with Crippen molar-refractivity contribution >= 4 is 28.6 Å². The lowest BCUT2D eigenvalue weighted by Crippen LogP contribution is -2.31. The summed E-state index contributed by atoms with van der Waals surface area (Å²) in [4.78, 5) is 38.4. The summed E-state index contributed by atoms with van der Waals surface area (Å²) >= 11 is 0. The molecule has 0 bridgehead atoms. The SMILES string of the molecule is CC1(C)CC(=O)C2=C(C1)Nc1cc(C(=O)c3ccccc3)ccc1N[C@@H]2c1cc2c(cc1[N+](=O)[O-])OCO2. The van der Waals surface area contributed by atoms with Gasteiger partial charge in [-0.15, -0.1) is 0 Å². The minimum Gasteiger partial charge on any atom is -0.454 e. The molecule has 3 aromatic rings. The molecule has 1 atom stereocenters. The second kappa shape index (κ2) is 8.72. The number of ketones is 2. The highest BCUT2D eigenvalue weighted by molar-refractivity contribution is 6.10. The molecule has 38 heavy (non-hydrogen) atoms. The average molecular weight is 512 g/mol. The van der Waals surface area contributed by atoms with Crippen LogP contribution < -0.4 is 20.1 Å². The van der Waals surface area contributed by atoms with Crippen LogP contribution in [0.3, 0.4) is 0 Å². The molecule has 9 nitrogen and oxygen atoms in total. The van der Waals surface area contributed by atoms with Gasteiger partial charge >= 0.3 is 0 Å². The molecule has 0 unspecified atom stereocenters. The van der Waals surface area contributed by atoms with E-state index in [-0.39, 0.29) is 29.5 Å². The summed E-state index contributed by atoms with van der Waals surface area (Å²) < 4.78 is 10.9. The third kappa shape index (κ3) is 4.06. The van der Waals surface area contributed by atoms with E-state index in [0.717, 1.165) is 0 Å². The van der Waals surface area contributed by atoms with Crippen molar-refractivity contribution in [3.63, 3.8) is 0 Å². The third-order valence-corrected chi connectivity index (χ3v) is 7.14. The number of Topliss-reactive ketones (excluding diaryl/α,β-unsaturated/α-hetero) is 1. The number of nitrogens with zero attached hydrogens (tertiary/aromatic N) is 1. The lowest BCUT2D eigenvalue weighted by Gasteiger charge is -2.34. The second-order valence-electron chi connectivity index (χ2n) is 10.5. The van der Waals surface area contributed by atoms with Gasteiger partial charge in [0.1, 0.15) is 0 Å². The van der Waals surface area contributed by atoms with Crippen molar-refractivity contribution in [1.29, 1.82) is 0 Å². The Hall–Kier alpha value is -4.66. The Bertz CT molecular complexity index is 1540. The molecular weight excluding hydrogens is 486 g/mol. The molecule has 0 fully saturated rings. The number of nitro groups is 1. The minimum atomic E-state index is -0.812. The van der Waals surface area contributed by atoms with E-state index >= 15 is 0 Å². The number of ether oxygens (including phenoxy) is 2. The molecule has 0 aromatic heterocycles. The molecule has 3 aromatic carbocycles. The number of allylic oxidation sites excluding steroid dienone is 1. The fourth-order valence-corrected chi connectivity index (χ4v) is 5.41. The van der Waals surface area contributed by atoms with Gasteiger partial charge in [0.05, 0.1) is 34.0 Å². The molecule has 192 valence electrons. The fourth-order valence-electron chi connectivity index (χ4n) is 5.41. The largest absolute Gasteiger partial charge is 0.454 e. The van der Waals surface area contributed by atoms with E-state index in [0.29, 0.717) is 63.7 Å². The molecule has 2 heterocycles. The first kappa shape index (κ1) is 23.7. The van der Waals surface area contributed by atoms with E-state index in [1.165, 1.54) is 6.07 Å². The number of hydrogen-bond donors (Lipinski definition) is 2. The van der Waals surface area contributed by atoms with Crippen molar-refractivity contribution in [2.24, 2.45) is 5.41 Å². The molecule has 3 aliphatic rings. The molecule has 1 aliphatic carbocycles. The van der Waals surface area contributed by atoms with Crippen LogP contribution in [0.4, 0.5) is 17.1 Å². The van der Waals surface area contributed by atoms with Gasteiger partial charge in [-0.2, -0.15) is 0 Å². The lowest BCUT2D eigenvalue weighted by atomic mass is 9.73. The maximum absolute atomic E-state index is 13.6. The normalized spacial score (nSPS) is 19.0. The van der Waals surface area contributed by atoms with E-state index in [2.05, 4.69) is 10.6 Å². The van der Waals surface area contributed by atoms with E-state index < -0.39 is 11.0 Å². The maximum atomic E-state index is 13.6. The van der Waals surface area contributed by atoms with Gasteiger partial charge in [-0.3, -0.25) is 19.7 Å². The molecule has 6 rings (SSSR count). The van der Waals surface area contributed by atoms with Crippen LogP contribution in [-0.4, -0.2) is 23.3 Å². The van der Waals surface area contributed by atoms with Gasteiger partial charge in [-0.25, -0.2) is 0 Å². The Labute approximate surface area is 218 Å². The van der Waals surface area contributed by atoms with Crippen LogP contribution in [0.25, 0.3) is 0 Å². The quantitative estimate of drug-likeness (QED) is 0.257. The minimum absolute atomic E-state index is 0.0300. The summed E-state index contributed by atoms with van der Waals surface area (Å²) in [5, 5.41) is 18.9. The summed E-state index contributed by atoms with van der Waals surface area (Å²) in [5.41, 5.74) is 3.24. The van der Waals surface area contributed by atoms with Gasteiger partial charge in [-0.05, 0) is 36.1 Å². The smallest absolute Gasteiger partial charge is 0.279 e.